The second-order valence-corrected chi connectivity index (χ2v) is 15.6. The second-order valence-electron chi connectivity index (χ2n) is 11.6. The van der Waals surface area contributed by atoms with Crippen molar-refractivity contribution in [3.63, 3.8) is 0 Å². The molecular weight excluding hydrogens is 550 g/mol. The van der Waals surface area contributed by atoms with Crippen LogP contribution in [0.15, 0.2) is 78.9 Å². The van der Waals surface area contributed by atoms with E-state index < -0.39 is 31.5 Å². The largest absolute Gasteiger partial charge is 0.432 e. The second kappa shape index (κ2) is 11.8. The molecular formula is C32H37N3O6Si. The van der Waals surface area contributed by atoms with Gasteiger partial charge in [-0.15, -0.1) is 0 Å². The molecule has 42 heavy (non-hydrogen) atoms. The summed E-state index contributed by atoms with van der Waals surface area (Å²) in [5, 5.41) is 15.5. The maximum absolute atomic E-state index is 13.7. The van der Waals surface area contributed by atoms with Gasteiger partial charge in [-0.25, -0.2) is 0 Å². The highest BCUT2D eigenvalue weighted by Crippen LogP contribution is 2.58. The zero-order valence-electron chi connectivity index (χ0n) is 24.0. The molecule has 10 heteroatoms. The Bertz CT molecular complexity index is 1460. The van der Waals surface area contributed by atoms with E-state index in [1.807, 2.05) is 43.3 Å². The van der Waals surface area contributed by atoms with Gasteiger partial charge in [0, 0.05) is 47.1 Å². The molecule has 2 heterocycles. The van der Waals surface area contributed by atoms with E-state index >= 15 is 0 Å². The van der Waals surface area contributed by atoms with Crippen LogP contribution in [0.25, 0.3) is 0 Å². The van der Waals surface area contributed by atoms with Crippen LogP contribution in [0.4, 0.5) is 11.4 Å². The van der Waals surface area contributed by atoms with E-state index in [4.69, 9.17) is 4.74 Å². The number of benzene rings is 3. The number of nitrogens with one attached hydrogen (secondary N) is 2. The Balaban J connectivity index is 1.44. The average Bonchev–Trinajstić information content (AvgIpc) is 3.42. The van der Waals surface area contributed by atoms with Gasteiger partial charge in [-0.2, -0.15) is 0 Å². The summed E-state index contributed by atoms with van der Waals surface area (Å²) in [6.07, 6.45) is -0.774. The molecule has 1 saturated heterocycles. The Morgan fingerprint density at radius 1 is 1.05 bits per heavy atom. The maximum atomic E-state index is 13.7. The Morgan fingerprint density at radius 2 is 1.71 bits per heavy atom. The number of aliphatic hydroxyl groups is 1. The van der Waals surface area contributed by atoms with Crippen LogP contribution in [0.3, 0.4) is 0 Å². The first-order valence-corrected chi connectivity index (χ1v) is 17.2. The van der Waals surface area contributed by atoms with Gasteiger partial charge in [0.15, 0.2) is 13.9 Å². The lowest BCUT2D eigenvalue weighted by Crippen LogP contribution is -2.44. The van der Waals surface area contributed by atoms with Gasteiger partial charge >= 0.3 is 0 Å². The number of ether oxygens (including phenoxy) is 1. The van der Waals surface area contributed by atoms with E-state index in [0.717, 1.165) is 5.56 Å². The number of anilines is 2. The molecule has 3 amide bonds. The number of fused-ring (bicyclic) bond motifs is 2. The van der Waals surface area contributed by atoms with Crippen LogP contribution in [0, 0.1) is 5.92 Å². The van der Waals surface area contributed by atoms with Crippen LogP contribution in [-0.2, 0) is 26.5 Å². The molecule has 0 radical (unpaired) electrons. The lowest BCUT2D eigenvalue weighted by atomic mass is 9.82. The third-order valence-corrected chi connectivity index (χ3v) is 10.9. The number of rotatable bonds is 9. The van der Waals surface area contributed by atoms with Crippen LogP contribution in [-0.4, -0.2) is 60.1 Å². The highest BCUT2D eigenvalue weighted by atomic mass is 28.4. The molecule has 220 valence electrons. The van der Waals surface area contributed by atoms with Crippen molar-refractivity contribution in [3.8, 4) is 0 Å². The molecule has 0 saturated carbocycles. The minimum Gasteiger partial charge on any atom is -0.432 e. The van der Waals surface area contributed by atoms with Crippen molar-refractivity contribution in [2.24, 2.45) is 5.92 Å². The van der Waals surface area contributed by atoms with Crippen LogP contribution >= 0.6 is 0 Å². The lowest BCUT2D eigenvalue weighted by Gasteiger charge is -2.32. The van der Waals surface area contributed by atoms with Crippen molar-refractivity contribution in [1.29, 1.82) is 0 Å². The minimum atomic E-state index is -2.97. The van der Waals surface area contributed by atoms with Gasteiger partial charge in [0.05, 0.1) is 19.1 Å². The molecule has 4 atom stereocenters. The predicted molar refractivity (Wildman–Crippen MR) is 162 cm³/mol. The van der Waals surface area contributed by atoms with Crippen LogP contribution in [0.1, 0.15) is 34.8 Å². The topological polar surface area (TPSA) is 128 Å². The maximum Gasteiger partial charge on any atom is 0.261 e. The number of nitrogens with zero attached hydrogens (tertiary/aromatic N) is 1. The van der Waals surface area contributed by atoms with E-state index in [9.17, 15) is 24.3 Å². The molecule has 0 unspecified atom stereocenters. The van der Waals surface area contributed by atoms with Gasteiger partial charge in [0.25, 0.3) is 11.8 Å². The molecule has 4 N–H and O–H groups in total. The lowest BCUT2D eigenvalue weighted by molar-refractivity contribution is -0.148. The number of carbonyl (C=O) groups is 3. The predicted octanol–water partition coefficient (Wildman–Crippen LogP) is 4.10. The van der Waals surface area contributed by atoms with Crippen molar-refractivity contribution < 1.29 is 29.0 Å². The summed E-state index contributed by atoms with van der Waals surface area (Å²) >= 11 is 0. The summed E-state index contributed by atoms with van der Waals surface area (Å²) in [6, 6.07) is 23.6. The fraction of sp³-hybridized carbons (Fsp3) is 0.344. The molecule has 0 aliphatic carbocycles. The number of hydrogen-bond donors (Lipinski definition) is 4. The molecule has 2 aliphatic rings. The van der Waals surface area contributed by atoms with E-state index in [1.54, 1.807) is 60.5 Å². The standard InChI is InChI=1S/C32H37N3O6Si/c1-21-29(42(2,3)40)27(19-28(37)35(16-17-36)20-22-10-6-4-7-11-22)41-32(21)25-18-24(14-15-26(25)34-31(32)39)33-30(38)23-12-8-5-9-13-23/h4-15,18,21,27,29,36,40H,16-17,19-20H2,1-3H3,(H,33,38)(H,34,39)/t21-,27+,29-,32+/m1/s1. The Hall–Kier alpha value is -3.83. The Labute approximate surface area is 246 Å². The average molecular weight is 588 g/mol. The van der Waals surface area contributed by atoms with E-state index in [-0.39, 0.29) is 37.3 Å². The van der Waals surface area contributed by atoms with Crippen LogP contribution in [0.5, 0.6) is 0 Å². The normalized spacial score (nSPS) is 23.0. The summed E-state index contributed by atoms with van der Waals surface area (Å²) in [5.74, 6) is -1.32. The first-order chi connectivity index (χ1) is 20.0. The summed E-state index contributed by atoms with van der Waals surface area (Å²) in [5.41, 5.74) is 1.20. The fourth-order valence-corrected chi connectivity index (χ4v) is 9.04. The van der Waals surface area contributed by atoms with Crippen molar-refractivity contribution in [2.75, 3.05) is 23.8 Å². The van der Waals surface area contributed by atoms with Gasteiger partial charge in [-0.3, -0.25) is 14.4 Å². The smallest absolute Gasteiger partial charge is 0.261 e. The first-order valence-electron chi connectivity index (χ1n) is 14.2. The van der Waals surface area contributed by atoms with Crippen molar-refractivity contribution >= 4 is 37.4 Å². The van der Waals surface area contributed by atoms with Crippen molar-refractivity contribution in [1.82, 2.24) is 4.90 Å². The van der Waals surface area contributed by atoms with Crippen LogP contribution < -0.4 is 10.6 Å². The molecule has 1 spiro atoms. The zero-order chi connectivity index (χ0) is 30.1. The van der Waals surface area contributed by atoms with Crippen LogP contribution in [0.2, 0.25) is 18.6 Å². The molecule has 2 aliphatic heterocycles. The van der Waals surface area contributed by atoms with Crippen molar-refractivity contribution in [3.05, 3.63) is 95.6 Å². The van der Waals surface area contributed by atoms with Gasteiger partial charge in [0.2, 0.25) is 5.91 Å². The number of hydrogen-bond acceptors (Lipinski definition) is 6. The summed E-state index contributed by atoms with van der Waals surface area (Å²) in [7, 11) is -2.97. The van der Waals surface area contributed by atoms with Gasteiger partial charge in [-0.05, 0) is 49.0 Å². The molecule has 3 aromatic carbocycles. The molecule has 0 aromatic heterocycles. The highest BCUT2D eigenvalue weighted by molar-refractivity contribution is 6.71. The van der Waals surface area contributed by atoms with E-state index in [1.165, 1.54) is 0 Å². The molecule has 9 nitrogen and oxygen atoms in total. The van der Waals surface area contributed by atoms with Crippen molar-refractivity contribution in [2.45, 2.75) is 50.2 Å². The zero-order valence-corrected chi connectivity index (χ0v) is 25.0. The Kier molecular flexibility index (Phi) is 8.34. The first kappa shape index (κ1) is 29.7. The monoisotopic (exact) mass is 587 g/mol. The third-order valence-electron chi connectivity index (χ3n) is 8.35. The number of amides is 3. The quantitative estimate of drug-likeness (QED) is 0.279. The highest BCUT2D eigenvalue weighted by Gasteiger charge is 2.65. The minimum absolute atomic E-state index is 0.0480. The van der Waals surface area contributed by atoms with Gasteiger partial charge in [0.1, 0.15) is 0 Å². The number of carbonyl (C=O) groups excluding carboxylic acids is 3. The molecule has 1 fully saturated rings. The third kappa shape index (κ3) is 5.63. The summed E-state index contributed by atoms with van der Waals surface area (Å²) in [6.45, 7) is 5.77. The van der Waals surface area contributed by atoms with Gasteiger partial charge in [-0.1, -0.05) is 55.5 Å². The molecule has 5 rings (SSSR count). The van der Waals surface area contributed by atoms with E-state index in [2.05, 4.69) is 10.6 Å². The number of aliphatic hydroxyl groups excluding tert-OH is 1. The Morgan fingerprint density at radius 3 is 2.36 bits per heavy atom. The van der Waals surface area contributed by atoms with Gasteiger partial charge < -0.3 is 30.2 Å². The summed E-state index contributed by atoms with van der Waals surface area (Å²) in [4.78, 5) is 53.2. The van der Waals surface area contributed by atoms with E-state index in [0.29, 0.717) is 29.0 Å². The molecule has 0 bridgehead atoms. The SMILES string of the molecule is C[C@@H]1[C@@H]([Si](C)(C)O)[C@H](CC(=O)N(CCO)Cc2ccccc2)O[C@@]12C(=O)Nc1ccc(NC(=O)c3ccccc3)cc12. The fourth-order valence-electron chi connectivity index (χ4n) is 6.48. The molecule has 3 aromatic rings. The summed E-state index contributed by atoms with van der Waals surface area (Å²) < 4.78 is 6.63.